The Labute approximate surface area is 99.8 Å². The Morgan fingerprint density at radius 3 is 2.83 bits per heavy atom. The minimum atomic E-state index is -2.98. The lowest BCUT2D eigenvalue weighted by Crippen LogP contribution is -2.27. The fourth-order valence-corrected chi connectivity index (χ4v) is 1.15. The van der Waals surface area contributed by atoms with Crippen LogP contribution in [0.3, 0.4) is 0 Å². The third-order valence-electron chi connectivity index (χ3n) is 2.00. The minimum absolute atomic E-state index is 0.246. The number of hydrogen-bond acceptors (Lipinski definition) is 6. The van der Waals surface area contributed by atoms with Crippen LogP contribution in [0.2, 0.25) is 0 Å². The van der Waals surface area contributed by atoms with Gasteiger partial charge in [0.15, 0.2) is 0 Å². The number of nitriles is 1. The van der Waals surface area contributed by atoms with Gasteiger partial charge in [0.1, 0.15) is 17.7 Å². The summed E-state index contributed by atoms with van der Waals surface area (Å²) in [5.74, 6) is -0.334. The van der Waals surface area contributed by atoms with E-state index < -0.39 is 29.7 Å². The second-order valence-corrected chi connectivity index (χ2v) is 3.21. The predicted molar refractivity (Wildman–Crippen MR) is 56.1 cm³/mol. The molecule has 0 aromatic carbocycles. The third kappa shape index (κ3) is 3.08. The topological polar surface area (TPSA) is 112 Å². The standard InChI is InChI=1S/C9H8F2N4O3/c10-8(11)6(16)4-14-9-7(15(17)18)5(3-12)1-2-13-9/h1-2,6,8,16H,4H2,(H,13,14). The van der Waals surface area contributed by atoms with Crippen LogP contribution in [0.25, 0.3) is 0 Å². The first-order valence-electron chi connectivity index (χ1n) is 4.71. The summed E-state index contributed by atoms with van der Waals surface area (Å²) in [5, 5.41) is 30.5. The summed E-state index contributed by atoms with van der Waals surface area (Å²) in [4.78, 5) is 13.5. The van der Waals surface area contributed by atoms with Gasteiger partial charge in [-0.2, -0.15) is 5.26 Å². The van der Waals surface area contributed by atoms with Gasteiger partial charge < -0.3 is 10.4 Å². The van der Waals surface area contributed by atoms with Gasteiger partial charge in [-0.25, -0.2) is 13.8 Å². The maximum Gasteiger partial charge on any atom is 0.328 e. The zero-order valence-corrected chi connectivity index (χ0v) is 8.88. The van der Waals surface area contributed by atoms with Crippen molar-refractivity contribution in [2.24, 2.45) is 0 Å². The molecule has 1 rings (SSSR count). The minimum Gasteiger partial charge on any atom is -0.385 e. The highest BCUT2D eigenvalue weighted by Crippen LogP contribution is 2.25. The van der Waals surface area contributed by atoms with E-state index in [-0.39, 0.29) is 11.4 Å². The van der Waals surface area contributed by atoms with E-state index in [0.29, 0.717) is 0 Å². The molecular formula is C9H8F2N4O3. The Hall–Kier alpha value is -2.34. The molecule has 0 aliphatic heterocycles. The summed E-state index contributed by atoms with van der Waals surface area (Å²) in [6, 6.07) is 2.73. The highest BCUT2D eigenvalue weighted by atomic mass is 19.3. The molecule has 0 aliphatic carbocycles. The number of halogens is 2. The van der Waals surface area contributed by atoms with E-state index in [2.05, 4.69) is 10.3 Å². The van der Waals surface area contributed by atoms with Gasteiger partial charge in [0.2, 0.25) is 5.82 Å². The maximum atomic E-state index is 12.0. The fraction of sp³-hybridized carbons (Fsp3) is 0.333. The molecule has 1 aromatic heterocycles. The Kier molecular flexibility index (Phi) is 4.45. The van der Waals surface area contributed by atoms with Crippen molar-refractivity contribution in [1.29, 1.82) is 5.26 Å². The van der Waals surface area contributed by atoms with Crippen molar-refractivity contribution < 1.29 is 18.8 Å². The first-order valence-corrected chi connectivity index (χ1v) is 4.71. The number of aliphatic hydroxyl groups is 1. The Morgan fingerprint density at radius 1 is 1.67 bits per heavy atom. The van der Waals surface area contributed by atoms with Crippen molar-refractivity contribution in [1.82, 2.24) is 4.98 Å². The number of aromatic nitrogens is 1. The summed E-state index contributed by atoms with van der Waals surface area (Å²) >= 11 is 0. The number of nitrogens with one attached hydrogen (secondary N) is 1. The van der Waals surface area contributed by atoms with Gasteiger partial charge in [-0.05, 0) is 6.07 Å². The lowest BCUT2D eigenvalue weighted by molar-refractivity contribution is -0.384. The molecule has 0 saturated heterocycles. The molecule has 0 fully saturated rings. The normalized spacial score (nSPS) is 11.9. The smallest absolute Gasteiger partial charge is 0.328 e. The van der Waals surface area contributed by atoms with E-state index in [4.69, 9.17) is 10.4 Å². The van der Waals surface area contributed by atoms with Crippen LogP contribution in [-0.2, 0) is 0 Å². The highest BCUT2D eigenvalue weighted by Gasteiger charge is 2.23. The number of aliphatic hydroxyl groups excluding tert-OH is 1. The van der Waals surface area contributed by atoms with E-state index >= 15 is 0 Å². The molecule has 0 bridgehead atoms. The van der Waals surface area contributed by atoms with Crippen LogP contribution in [0.4, 0.5) is 20.3 Å². The quantitative estimate of drug-likeness (QED) is 0.599. The van der Waals surface area contributed by atoms with E-state index in [1.807, 2.05) is 0 Å². The van der Waals surface area contributed by atoms with Crippen LogP contribution in [0, 0.1) is 21.4 Å². The molecule has 0 saturated carbocycles. The van der Waals surface area contributed by atoms with Crippen LogP contribution in [0.1, 0.15) is 5.56 Å². The molecule has 7 nitrogen and oxygen atoms in total. The van der Waals surface area contributed by atoms with E-state index in [9.17, 15) is 18.9 Å². The predicted octanol–water partition coefficient (Wildman–Crippen LogP) is 0.899. The second-order valence-electron chi connectivity index (χ2n) is 3.21. The highest BCUT2D eigenvalue weighted by molar-refractivity contribution is 5.64. The average Bonchev–Trinajstić information content (AvgIpc) is 2.34. The van der Waals surface area contributed by atoms with Crippen molar-refractivity contribution in [3.63, 3.8) is 0 Å². The molecule has 0 radical (unpaired) electrons. The van der Waals surface area contributed by atoms with Crippen molar-refractivity contribution >= 4 is 11.5 Å². The molecule has 18 heavy (non-hydrogen) atoms. The number of hydrogen-bond donors (Lipinski definition) is 2. The zero-order chi connectivity index (χ0) is 13.7. The van der Waals surface area contributed by atoms with Crippen LogP contribution in [0.15, 0.2) is 12.3 Å². The van der Waals surface area contributed by atoms with Crippen molar-refractivity contribution in [2.75, 3.05) is 11.9 Å². The van der Waals surface area contributed by atoms with E-state index in [0.717, 1.165) is 12.3 Å². The molecule has 0 spiro atoms. The number of anilines is 1. The first-order chi connectivity index (χ1) is 8.47. The maximum absolute atomic E-state index is 12.0. The molecule has 1 unspecified atom stereocenters. The van der Waals surface area contributed by atoms with Gasteiger partial charge >= 0.3 is 5.69 Å². The van der Waals surface area contributed by atoms with Gasteiger partial charge in [-0.1, -0.05) is 0 Å². The van der Waals surface area contributed by atoms with Gasteiger partial charge in [-0.3, -0.25) is 10.1 Å². The number of alkyl halides is 2. The Bertz CT molecular complexity index is 489. The van der Waals surface area contributed by atoms with Crippen LogP contribution < -0.4 is 5.32 Å². The Morgan fingerprint density at radius 2 is 2.33 bits per heavy atom. The summed E-state index contributed by atoms with van der Waals surface area (Å²) in [6.45, 7) is -0.611. The van der Waals surface area contributed by atoms with Gasteiger partial charge in [0.25, 0.3) is 6.43 Å². The lowest BCUT2D eigenvalue weighted by atomic mass is 10.2. The molecule has 0 amide bonds. The molecule has 0 aliphatic rings. The largest absolute Gasteiger partial charge is 0.385 e. The number of nitro groups is 1. The van der Waals surface area contributed by atoms with Gasteiger partial charge in [0, 0.05) is 12.7 Å². The number of rotatable bonds is 5. The van der Waals surface area contributed by atoms with Gasteiger partial charge in [0.05, 0.1) is 4.92 Å². The molecule has 2 N–H and O–H groups in total. The average molecular weight is 258 g/mol. The van der Waals surface area contributed by atoms with E-state index in [1.165, 1.54) is 0 Å². The summed E-state index contributed by atoms with van der Waals surface area (Å²) in [6.07, 6.45) is -3.82. The molecule has 9 heteroatoms. The SMILES string of the molecule is N#Cc1ccnc(NCC(O)C(F)F)c1[N+](=O)[O-]. The summed E-state index contributed by atoms with van der Waals surface area (Å²) in [5.41, 5.74) is -0.856. The van der Waals surface area contributed by atoms with Gasteiger partial charge in [-0.15, -0.1) is 0 Å². The molecule has 1 atom stereocenters. The lowest BCUT2D eigenvalue weighted by Gasteiger charge is -2.11. The van der Waals surface area contributed by atoms with Crippen molar-refractivity contribution in [3.05, 3.63) is 27.9 Å². The molecule has 1 aromatic rings. The van der Waals surface area contributed by atoms with Crippen molar-refractivity contribution in [2.45, 2.75) is 12.5 Å². The van der Waals surface area contributed by atoms with Crippen LogP contribution >= 0.6 is 0 Å². The van der Waals surface area contributed by atoms with Crippen LogP contribution in [-0.4, -0.2) is 34.1 Å². The fourth-order valence-electron chi connectivity index (χ4n) is 1.15. The Balaban J connectivity index is 2.96. The summed E-state index contributed by atoms with van der Waals surface area (Å²) < 4.78 is 24.1. The molecular weight excluding hydrogens is 250 g/mol. The number of pyridine rings is 1. The van der Waals surface area contributed by atoms with E-state index in [1.54, 1.807) is 6.07 Å². The number of nitrogens with zero attached hydrogens (tertiary/aromatic N) is 3. The molecule has 96 valence electrons. The van der Waals surface area contributed by atoms with Crippen molar-refractivity contribution in [3.8, 4) is 6.07 Å². The zero-order valence-electron chi connectivity index (χ0n) is 8.88. The second kappa shape index (κ2) is 5.83. The molecule has 1 heterocycles. The van der Waals surface area contributed by atoms with Crippen LogP contribution in [0.5, 0.6) is 0 Å². The summed E-state index contributed by atoms with van der Waals surface area (Å²) in [7, 11) is 0. The monoisotopic (exact) mass is 258 g/mol. The third-order valence-corrected chi connectivity index (χ3v) is 2.00. The first kappa shape index (κ1) is 13.7.